The number of carbonyl (C=O) groups is 1. The monoisotopic (exact) mass is 312 g/mol. The minimum Gasteiger partial charge on any atom is -0.449 e. The number of alkyl carbamates (subject to hydrolysis) is 1. The number of ether oxygens (including phenoxy) is 1. The Morgan fingerprint density at radius 1 is 1.43 bits per heavy atom. The fourth-order valence-electron chi connectivity index (χ4n) is 2.82. The number of hydrogen-bond donors (Lipinski definition) is 2. The van der Waals surface area contributed by atoms with Gasteiger partial charge in [0.25, 0.3) is 0 Å². The predicted molar refractivity (Wildman–Crippen MR) is 86.8 cm³/mol. The zero-order chi connectivity index (χ0) is 15.6. The second-order valence-corrected chi connectivity index (χ2v) is 6.25. The molecule has 0 radical (unpaired) electrons. The molecule has 2 aromatic rings. The van der Waals surface area contributed by atoms with Gasteiger partial charge >= 0.3 is 6.09 Å². The van der Waals surface area contributed by atoms with Crippen LogP contribution in [0, 0.1) is 5.92 Å². The van der Waals surface area contributed by atoms with Gasteiger partial charge in [-0.2, -0.15) is 0 Å². The van der Waals surface area contributed by atoms with Crippen LogP contribution in [0.25, 0.3) is 17.1 Å². The third kappa shape index (κ3) is 3.21. The van der Waals surface area contributed by atoms with Crippen molar-refractivity contribution in [2.75, 3.05) is 6.61 Å². The molecule has 6 heteroatoms. The first-order valence-electron chi connectivity index (χ1n) is 8.23. The summed E-state index contributed by atoms with van der Waals surface area (Å²) >= 11 is 0. The maximum absolute atomic E-state index is 11.6. The SMILES string of the molecule is O=C(NCc1nc2c3c(ncc2[nH]1)CCCC=C3)OCC1CC1. The number of aromatic amines is 1. The highest BCUT2D eigenvalue weighted by Crippen LogP contribution is 2.28. The van der Waals surface area contributed by atoms with Crippen molar-refractivity contribution >= 4 is 23.2 Å². The summed E-state index contributed by atoms with van der Waals surface area (Å²) in [6, 6.07) is 0. The lowest BCUT2D eigenvalue weighted by Gasteiger charge is -2.04. The van der Waals surface area contributed by atoms with E-state index in [1.807, 2.05) is 6.20 Å². The van der Waals surface area contributed by atoms with E-state index >= 15 is 0 Å². The normalized spacial score (nSPS) is 16.9. The number of pyridine rings is 1. The summed E-state index contributed by atoms with van der Waals surface area (Å²) in [7, 11) is 0. The molecule has 23 heavy (non-hydrogen) atoms. The number of allylic oxidation sites excluding steroid dienone is 1. The zero-order valence-electron chi connectivity index (χ0n) is 13.0. The Labute approximate surface area is 134 Å². The van der Waals surface area contributed by atoms with Crippen LogP contribution in [-0.2, 0) is 17.7 Å². The Bertz CT molecular complexity index is 761. The van der Waals surface area contributed by atoms with Crippen LogP contribution in [0.3, 0.4) is 0 Å². The first-order chi connectivity index (χ1) is 11.3. The largest absolute Gasteiger partial charge is 0.449 e. The van der Waals surface area contributed by atoms with E-state index in [9.17, 15) is 4.79 Å². The second-order valence-electron chi connectivity index (χ2n) is 6.25. The van der Waals surface area contributed by atoms with Gasteiger partial charge in [0, 0.05) is 11.3 Å². The van der Waals surface area contributed by atoms with Crippen LogP contribution >= 0.6 is 0 Å². The molecule has 1 saturated carbocycles. The van der Waals surface area contributed by atoms with E-state index in [0.29, 0.717) is 19.1 Å². The van der Waals surface area contributed by atoms with Gasteiger partial charge in [0.15, 0.2) is 0 Å². The summed E-state index contributed by atoms with van der Waals surface area (Å²) in [5.41, 5.74) is 4.02. The Morgan fingerprint density at radius 2 is 2.35 bits per heavy atom. The average molecular weight is 312 g/mol. The molecule has 1 amide bonds. The van der Waals surface area contributed by atoms with E-state index in [0.717, 1.165) is 47.4 Å². The number of rotatable bonds is 4. The number of imidazole rings is 1. The van der Waals surface area contributed by atoms with Gasteiger partial charge in [-0.3, -0.25) is 4.98 Å². The van der Waals surface area contributed by atoms with Gasteiger partial charge in [-0.05, 0) is 38.0 Å². The summed E-state index contributed by atoms with van der Waals surface area (Å²) in [5.74, 6) is 1.29. The molecule has 0 unspecified atom stereocenters. The van der Waals surface area contributed by atoms with Crippen molar-refractivity contribution in [1.29, 1.82) is 0 Å². The van der Waals surface area contributed by atoms with Gasteiger partial charge in [0.1, 0.15) is 5.82 Å². The first kappa shape index (κ1) is 14.2. The summed E-state index contributed by atoms with van der Waals surface area (Å²) in [4.78, 5) is 24.0. The van der Waals surface area contributed by atoms with Crippen molar-refractivity contribution in [3.63, 3.8) is 0 Å². The summed E-state index contributed by atoms with van der Waals surface area (Å²) in [5, 5.41) is 2.74. The summed E-state index contributed by atoms with van der Waals surface area (Å²) in [6.45, 7) is 0.852. The van der Waals surface area contributed by atoms with Gasteiger partial charge < -0.3 is 15.0 Å². The predicted octanol–water partition coefficient (Wildman–Crippen LogP) is 2.94. The molecule has 2 aromatic heterocycles. The highest BCUT2D eigenvalue weighted by Gasteiger charge is 2.23. The lowest BCUT2D eigenvalue weighted by molar-refractivity contribution is 0.140. The van der Waals surface area contributed by atoms with Gasteiger partial charge in [-0.15, -0.1) is 0 Å². The Balaban J connectivity index is 1.47. The summed E-state index contributed by atoms with van der Waals surface area (Å²) < 4.78 is 5.15. The molecule has 2 N–H and O–H groups in total. The molecular weight excluding hydrogens is 292 g/mol. The fourth-order valence-corrected chi connectivity index (χ4v) is 2.82. The molecule has 6 nitrogen and oxygen atoms in total. The third-order valence-electron chi connectivity index (χ3n) is 4.31. The van der Waals surface area contributed by atoms with E-state index in [-0.39, 0.29) is 6.09 Å². The fraction of sp³-hybridized carbons (Fsp3) is 0.471. The molecule has 2 aliphatic carbocycles. The Hall–Kier alpha value is -2.37. The van der Waals surface area contributed by atoms with Crippen molar-refractivity contribution < 1.29 is 9.53 Å². The van der Waals surface area contributed by atoms with E-state index < -0.39 is 0 Å². The lowest BCUT2D eigenvalue weighted by Crippen LogP contribution is -2.25. The molecular formula is C17H20N4O2. The van der Waals surface area contributed by atoms with Crippen molar-refractivity contribution in [3.05, 3.63) is 29.4 Å². The quantitative estimate of drug-likeness (QED) is 0.909. The lowest BCUT2D eigenvalue weighted by atomic mass is 10.1. The zero-order valence-corrected chi connectivity index (χ0v) is 13.0. The highest BCUT2D eigenvalue weighted by molar-refractivity contribution is 5.85. The van der Waals surface area contributed by atoms with Gasteiger partial charge in [0.05, 0.1) is 30.4 Å². The average Bonchev–Trinajstić information content (AvgIpc) is 3.33. The Morgan fingerprint density at radius 3 is 3.22 bits per heavy atom. The number of H-pyrrole nitrogens is 1. The molecule has 0 saturated heterocycles. The smallest absolute Gasteiger partial charge is 0.407 e. The number of amides is 1. The van der Waals surface area contributed by atoms with E-state index in [4.69, 9.17) is 4.74 Å². The van der Waals surface area contributed by atoms with Crippen LogP contribution in [0.1, 0.15) is 42.8 Å². The highest BCUT2D eigenvalue weighted by atomic mass is 16.5. The van der Waals surface area contributed by atoms with Crippen molar-refractivity contribution in [2.24, 2.45) is 5.92 Å². The minimum atomic E-state index is -0.380. The number of aromatic nitrogens is 3. The summed E-state index contributed by atoms with van der Waals surface area (Å²) in [6.07, 6.45) is 11.2. The van der Waals surface area contributed by atoms with Crippen LogP contribution in [0.4, 0.5) is 4.79 Å². The van der Waals surface area contributed by atoms with Crippen molar-refractivity contribution in [1.82, 2.24) is 20.3 Å². The maximum Gasteiger partial charge on any atom is 0.407 e. The molecule has 0 bridgehead atoms. The number of fused-ring (bicyclic) bond motifs is 3. The van der Waals surface area contributed by atoms with E-state index in [2.05, 4.69) is 32.4 Å². The van der Waals surface area contributed by atoms with Gasteiger partial charge in [-0.1, -0.05) is 12.2 Å². The molecule has 0 aromatic carbocycles. The first-order valence-corrected chi connectivity index (χ1v) is 8.23. The van der Waals surface area contributed by atoms with E-state index in [1.54, 1.807) is 0 Å². The van der Waals surface area contributed by atoms with Crippen molar-refractivity contribution in [2.45, 2.75) is 38.6 Å². The Kier molecular flexibility index (Phi) is 3.73. The molecule has 0 atom stereocenters. The van der Waals surface area contributed by atoms with Crippen LogP contribution in [0.5, 0.6) is 0 Å². The van der Waals surface area contributed by atoms with Gasteiger partial charge in [-0.25, -0.2) is 9.78 Å². The molecule has 1 fully saturated rings. The van der Waals surface area contributed by atoms with Crippen molar-refractivity contribution in [3.8, 4) is 0 Å². The number of nitrogens with zero attached hydrogens (tertiary/aromatic N) is 2. The topological polar surface area (TPSA) is 79.9 Å². The number of nitrogens with one attached hydrogen (secondary N) is 2. The van der Waals surface area contributed by atoms with Gasteiger partial charge in [0.2, 0.25) is 0 Å². The van der Waals surface area contributed by atoms with Crippen LogP contribution in [0.15, 0.2) is 12.3 Å². The minimum absolute atomic E-state index is 0.330. The third-order valence-corrected chi connectivity index (χ3v) is 4.31. The second kappa shape index (κ2) is 6.02. The van der Waals surface area contributed by atoms with Crippen LogP contribution < -0.4 is 5.32 Å². The van der Waals surface area contributed by atoms with Crippen LogP contribution in [0.2, 0.25) is 0 Å². The standard InChI is InChI=1S/C17H20N4O2/c22-17(23-10-11-6-7-11)19-9-15-20-14-8-18-13-5-3-1-2-4-12(13)16(14)21-15/h2,4,8,11H,1,3,5-7,9-10H2,(H,19,22)(H,20,21). The van der Waals surface area contributed by atoms with E-state index in [1.165, 1.54) is 12.8 Å². The van der Waals surface area contributed by atoms with Crippen LogP contribution in [-0.4, -0.2) is 27.7 Å². The molecule has 0 spiro atoms. The molecule has 2 aliphatic rings. The molecule has 120 valence electrons. The molecule has 0 aliphatic heterocycles. The number of hydrogen-bond acceptors (Lipinski definition) is 4. The number of aryl methyl sites for hydroxylation is 1. The number of carbonyl (C=O) groups excluding carboxylic acids is 1. The maximum atomic E-state index is 11.6. The molecule has 2 heterocycles. The molecule has 4 rings (SSSR count).